The van der Waals surface area contributed by atoms with Gasteiger partial charge in [-0.1, -0.05) is 39.0 Å². The summed E-state index contributed by atoms with van der Waals surface area (Å²) in [5, 5.41) is 5.19. The minimum absolute atomic E-state index is 0.763. The predicted octanol–water partition coefficient (Wildman–Crippen LogP) is 4.79. The van der Waals surface area contributed by atoms with E-state index in [1.165, 1.54) is 73.4 Å². The summed E-state index contributed by atoms with van der Waals surface area (Å²) >= 11 is 2.00. The Morgan fingerprint density at radius 3 is 2.45 bits per heavy atom. The molecule has 0 bridgehead atoms. The van der Waals surface area contributed by atoms with Gasteiger partial charge in [0.25, 0.3) is 0 Å². The van der Waals surface area contributed by atoms with Gasteiger partial charge in [-0.25, -0.2) is 4.98 Å². The predicted molar refractivity (Wildman–Crippen MR) is 86.4 cm³/mol. The summed E-state index contributed by atoms with van der Waals surface area (Å²) < 4.78 is 0. The quantitative estimate of drug-likeness (QED) is 0.844. The lowest BCUT2D eigenvalue weighted by Crippen LogP contribution is -2.25. The Balaban J connectivity index is 1.64. The number of hydrogen-bond donors (Lipinski definition) is 1. The molecule has 0 radical (unpaired) electrons. The van der Waals surface area contributed by atoms with Crippen molar-refractivity contribution in [2.24, 2.45) is 0 Å². The van der Waals surface area contributed by atoms with Crippen LogP contribution in [0.1, 0.15) is 86.2 Å². The molecule has 1 heterocycles. The van der Waals surface area contributed by atoms with Gasteiger partial charge in [0.05, 0.1) is 10.7 Å². The van der Waals surface area contributed by atoms with Crippen molar-refractivity contribution in [2.75, 3.05) is 0 Å². The van der Waals surface area contributed by atoms with Crippen molar-refractivity contribution < 1.29 is 0 Å². The number of aromatic nitrogens is 1. The Morgan fingerprint density at radius 2 is 1.75 bits per heavy atom. The standard InChI is InChI=1S/C17H28N2S/c1-2-15-16(12-18-14-10-6-7-11-14)20-17(19-15)13-8-4-3-5-9-13/h13-14,18H,2-12H2,1H3. The molecule has 2 aliphatic rings. The number of nitrogens with zero attached hydrogens (tertiary/aromatic N) is 1. The van der Waals surface area contributed by atoms with E-state index in [0.717, 1.165) is 24.9 Å². The van der Waals surface area contributed by atoms with Crippen LogP contribution in [0.15, 0.2) is 0 Å². The van der Waals surface area contributed by atoms with Crippen molar-refractivity contribution in [3.8, 4) is 0 Å². The zero-order valence-electron chi connectivity index (χ0n) is 12.8. The molecule has 3 heteroatoms. The van der Waals surface area contributed by atoms with E-state index in [-0.39, 0.29) is 0 Å². The third-order valence-corrected chi connectivity index (χ3v) is 6.25. The van der Waals surface area contributed by atoms with Gasteiger partial charge in [-0.15, -0.1) is 11.3 Å². The van der Waals surface area contributed by atoms with Gasteiger partial charge in [0.15, 0.2) is 0 Å². The molecule has 20 heavy (non-hydrogen) atoms. The molecule has 0 atom stereocenters. The second-order valence-electron chi connectivity index (χ2n) is 6.47. The Labute approximate surface area is 127 Å². The molecule has 2 fully saturated rings. The molecule has 0 saturated heterocycles. The maximum Gasteiger partial charge on any atom is 0.0962 e. The van der Waals surface area contributed by atoms with E-state index < -0.39 is 0 Å². The molecule has 1 N–H and O–H groups in total. The molecule has 1 aromatic rings. The number of aryl methyl sites for hydroxylation is 1. The smallest absolute Gasteiger partial charge is 0.0962 e. The monoisotopic (exact) mass is 292 g/mol. The Kier molecular flexibility index (Phi) is 5.11. The highest BCUT2D eigenvalue weighted by Crippen LogP contribution is 2.36. The van der Waals surface area contributed by atoms with E-state index in [9.17, 15) is 0 Å². The fourth-order valence-electron chi connectivity index (χ4n) is 3.71. The van der Waals surface area contributed by atoms with Crippen molar-refractivity contribution in [1.29, 1.82) is 0 Å². The average Bonchev–Trinajstić information content (AvgIpc) is 3.15. The van der Waals surface area contributed by atoms with Crippen LogP contribution in [0.3, 0.4) is 0 Å². The minimum atomic E-state index is 0.763. The molecular formula is C17H28N2S. The van der Waals surface area contributed by atoms with Gasteiger partial charge in [-0.3, -0.25) is 0 Å². The van der Waals surface area contributed by atoms with Gasteiger partial charge in [0.2, 0.25) is 0 Å². The van der Waals surface area contributed by atoms with Crippen molar-refractivity contribution >= 4 is 11.3 Å². The zero-order chi connectivity index (χ0) is 13.8. The summed E-state index contributed by atoms with van der Waals surface area (Å²) in [4.78, 5) is 6.49. The van der Waals surface area contributed by atoms with Gasteiger partial charge >= 0.3 is 0 Å². The van der Waals surface area contributed by atoms with Crippen LogP contribution in [-0.2, 0) is 13.0 Å². The topological polar surface area (TPSA) is 24.9 Å². The first kappa shape index (κ1) is 14.5. The highest BCUT2D eigenvalue weighted by molar-refractivity contribution is 7.11. The number of rotatable bonds is 5. The summed E-state index contributed by atoms with van der Waals surface area (Å²) in [7, 11) is 0. The summed E-state index contributed by atoms with van der Waals surface area (Å²) in [6.07, 6.45) is 13.6. The number of nitrogens with one attached hydrogen (secondary N) is 1. The van der Waals surface area contributed by atoms with E-state index in [4.69, 9.17) is 4.98 Å². The molecular weight excluding hydrogens is 264 g/mol. The average molecular weight is 292 g/mol. The molecule has 2 saturated carbocycles. The largest absolute Gasteiger partial charge is 0.309 e. The summed E-state index contributed by atoms with van der Waals surface area (Å²) in [6.45, 7) is 3.30. The van der Waals surface area contributed by atoms with Crippen LogP contribution in [0, 0.1) is 0 Å². The second kappa shape index (κ2) is 7.04. The highest BCUT2D eigenvalue weighted by atomic mass is 32.1. The maximum atomic E-state index is 4.98. The lowest BCUT2D eigenvalue weighted by Gasteiger charge is -2.18. The molecule has 0 aliphatic heterocycles. The Morgan fingerprint density at radius 1 is 1.05 bits per heavy atom. The fraction of sp³-hybridized carbons (Fsp3) is 0.824. The Hall–Kier alpha value is -0.410. The van der Waals surface area contributed by atoms with Crippen LogP contribution in [0.4, 0.5) is 0 Å². The molecule has 0 spiro atoms. The van der Waals surface area contributed by atoms with Crippen LogP contribution >= 0.6 is 11.3 Å². The zero-order valence-corrected chi connectivity index (χ0v) is 13.6. The number of thiazole rings is 1. The molecule has 1 aromatic heterocycles. The minimum Gasteiger partial charge on any atom is -0.309 e. The maximum absolute atomic E-state index is 4.98. The lowest BCUT2D eigenvalue weighted by molar-refractivity contribution is 0.442. The third kappa shape index (κ3) is 3.43. The molecule has 2 aliphatic carbocycles. The first-order chi connectivity index (χ1) is 9.86. The van der Waals surface area contributed by atoms with Gasteiger partial charge in [0.1, 0.15) is 0 Å². The third-order valence-electron chi connectivity index (χ3n) is 4.99. The molecule has 0 amide bonds. The van der Waals surface area contributed by atoms with Crippen molar-refractivity contribution in [3.63, 3.8) is 0 Å². The van der Waals surface area contributed by atoms with Crippen LogP contribution in [0.5, 0.6) is 0 Å². The Bertz CT molecular complexity index is 415. The van der Waals surface area contributed by atoms with E-state index in [2.05, 4.69) is 12.2 Å². The lowest BCUT2D eigenvalue weighted by atomic mass is 9.90. The molecule has 112 valence electrons. The van der Waals surface area contributed by atoms with Gasteiger partial charge < -0.3 is 5.32 Å². The summed E-state index contributed by atoms with van der Waals surface area (Å²) in [5.41, 5.74) is 1.36. The van der Waals surface area contributed by atoms with Gasteiger partial charge in [-0.2, -0.15) is 0 Å². The number of hydrogen-bond acceptors (Lipinski definition) is 3. The summed E-state index contributed by atoms with van der Waals surface area (Å²) in [5.74, 6) is 0.763. The SMILES string of the molecule is CCc1nc(C2CCCCC2)sc1CNC1CCCC1. The van der Waals surface area contributed by atoms with Crippen molar-refractivity contribution in [2.45, 2.75) is 89.6 Å². The first-order valence-corrected chi connectivity index (χ1v) is 9.40. The van der Waals surface area contributed by atoms with E-state index in [1.807, 2.05) is 11.3 Å². The second-order valence-corrected chi connectivity index (χ2v) is 7.59. The van der Waals surface area contributed by atoms with Crippen LogP contribution in [0.2, 0.25) is 0 Å². The first-order valence-electron chi connectivity index (χ1n) is 8.58. The highest BCUT2D eigenvalue weighted by Gasteiger charge is 2.21. The van der Waals surface area contributed by atoms with Crippen LogP contribution < -0.4 is 5.32 Å². The summed E-state index contributed by atoms with van der Waals surface area (Å²) in [6, 6.07) is 0.764. The van der Waals surface area contributed by atoms with E-state index in [1.54, 1.807) is 0 Å². The molecule has 3 rings (SSSR count). The molecule has 2 nitrogen and oxygen atoms in total. The van der Waals surface area contributed by atoms with Crippen molar-refractivity contribution in [3.05, 3.63) is 15.6 Å². The molecule has 0 unspecified atom stereocenters. The van der Waals surface area contributed by atoms with E-state index in [0.29, 0.717) is 0 Å². The normalized spacial score (nSPS) is 21.6. The van der Waals surface area contributed by atoms with Crippen LogP contribution in [-0.4, -0.2) is 11.0 Å². The molecule has 0 aromatic carbocycles. The van der Waals surface area contributed by atoms with E-state index >= 15 is 0 Å². The van der Waals surface area contributed by atoms with Gasteiger partial charge in [-0.05, 0) is 32.1 Å². The van der Waals surface area contributed by atoms with Gasteiger partial charge in [0, 0.05) is 23.4 Å². The van der Waals surface area contributed by atoms with Crippen LogP contribution in [0.25, 0.3) is 0 Å². The van der Waals surface area contributed by atoms with Crippen molar-refractivity contribution in [1.82, 2.24) is 10.3 Å². The fourth-order valence-corrected chi connectivity index (χ4v) is 4.98.